The van der Waals surface area contributed by atoms with Gasteiger partial charge in [-0.15, -0.1) is 0 Å². The quantitative estimate of drug-likeness (QED) is 0.502. The maximum Gasteiger partial charge on any atom is 0.270 e. The van der Waals surface area contributed by atoms with Crippen LogP contribution < -0.4 is 14.8 Å². The number of hydrogen-bond acceptors (Lipinski definition) is 8. The minimum Gasteiger partial charge on any atom is -0.454 e. The summed E-state index contributed by atoms with van der Waals surface area (Å²) in [5, 5.41) is 14.0. The maximum absolute atomic E-state index is 12.6. The van der Waals surface area contributed by atoms with E-state index in [1.54, 1.807) is 29.2 Å². The molecule has 0 bridgehead atoms. The molecule has 0 atom stereocenters. The Morgan fingerprint density at radius 1 is 1.17 bits per heavy atom. The second kappa shape index (κ2) is 6.95. The second-order valence-electron chi connectivity index (χ2n) is 6.89. The number of amides is 2. The van der Waals surface area contributed by atoms with Crippen LogP contribution in [0.4, 0.5) is 10.8 Å². The zero-order valence-corrected chi connectivity index (χ0v) is 16.2. The number of non-ortho nitro benzene ring substituents is 1. The van der Waals surface area contributed by atoms with E-state index in [9.17, 15) is 19.7 Å². The first-order valence-corrected chi connectivity index (χ1v) is 9.84. The van der Waals surface area contributed by atoms with Crippen molar-refractivity contribution in [3.63, 3.8) is 0 Å². The zero-order valence-electron chi connectivity index (χ0n) is 15.4. The molecule has 2 aliphatic heterocycles. The van der Waals surface area contributed by atoms with Gasteiger partial charge in [0.15, 0.2) is 16.6 Å². The molecule has 3 heterocycles. The smallest absolute Gasteiger partial charge is 0.270 e. The van der Waals surface area contributed by atoms with Gasteiger partial charge in [-0.25, -0.2) is 4.98 Å². The highest BCUT2D eigenvalue weighted by atomic mass is 32.1. The molecular weight excluding hydrogens is 412 g/mol. The summed E-state index contributed by atoms with van der Waals surface area (Å²) in [4.78, 5) is 41.3. The lowest BCUT2D eigenvalue weighted by Gasteiger charge is -2.38. The first-order chi connectivity index (χ1) is 14.5. The molecule has 5 rings (SSSR count). The van der Waals surface area contributed by atoms with Gasteiger partial charge in [-0.1, -0.05) is 11.3 Å². The van der Waals surface area contributed by atoms with Crippen molar-refractivity contribution in [1.82, 2.24) is 9.88 Å². The third-order valence-electron chi connectivity index (χ3n) is 4.97. The monoisotopic (exact) mass is 426 g/mol. The fraction of sp³-hybridized carbons (Fsp3) is 0.211. The summed E-state index contributed by atoms with van der Waals surface area (Å²) in [6, 6.07) is 9.35. The summed E-state index contributed by atoms with van der Waals surface area (Å²) in [7, 11) is 0. The van der Waals surface area contributed by atoms with Crippen LogP contribution in [0.3, 0.4) is 0 Å². The Hall–Kier alpha value is -3.73. The fourth-order valence-corrected chi connectivity index (χ4v) is 4.21. The van der Waals surface area contributed by atoms with Gasteiger partial charge >= 0.3 is 0 Å². The van der Waals surface area contributed by atoms with Crippen LogP contribution in [0.5, 0.6) is 11.5 Å². The van der Waals surface area contributed by atoms with Crippen molar-refractivity contribution in [1.29, 1.82) is 0 Å². The topological polar surface area (TPSA) is 124 Å². The highest BCUT2D eigenvalue weighted by Gasteiger charge is 2.36. The molecule has 2 aliphatic rings. The van der Waals surface area contributed by atoms with E-state index in [0.29, 0.717) is 45.5 Å². The summed E-state index contributed by atoms with van der Waals surface area (Å²) < 4.78 is 11.2. The van der Waals surface area contributed by atoms with E-state index < -0.39 is 4.92 Å². The number of benzene rings is 2. The molecule has 1 N–H and O–H groups in total. The summed E-state index contributed by atoms with van der Waals surface area (Å²) in [5.74, 6) is 0.382. The van der Waals surface area contributed by atoms with Crippen molar-refractivity contribution < 1.29 is 24.0 Å². The predicted octanol–water partition coefficient (Wildman–Crippen LogP) is 2.64. The van der Waals surface area contributed by atoms with Gasteiger partial charge in [0.25, 0.3) is 11.6 Å². The Labute approximate surface area is 173 Å². The molecule has 10 nitrogen and oxygen atoms in total. The van der Waals surface area contributed by atoms with E-state index in [4.69, 9.17) is 9.47 Å². The summed E-state index contributed by atoms with van der Waals surface area (Å²) in [5.41, 5.74) is 1.03. The number of nitro benzene ring substituents is 1. The molecule has 2 amide bonds. The zero-order chi connectivity index (χ0) is 20.8. The number of nitro groups is 1. The van der Waals surface area contributed by atoms with Gasteiger partial charge in [0, 0.05) is 30.8 Å². The van der Waals surface area contributed by atoms with Crippen LogP contribution in [0.15, 0.2) is 36.4 Å². The average Bonchev–Trinajstić information content (AvgIpc) is 3.31. The molecule has 1 aromatic heterocycles. The number of thiazole rings is 1. The standard InChI is InChI=1S/C19H14N4O6S/c24-17(21-19-20-13-3-2-12(23(26)27)6-16(13)30-19)11-7-22(8-11)18(25)10-1-4-14-15(5-10)29-9-28-14/h1-6,11H,7-9H2,(H,20,21,24). The van der Waals surface area contributed by atoms with Crippen LogP contribution in [0.2, 0.25) is 0 Å². The number of nitrogens with zero attached hydrogens (tertiary/aromatic N) is 3. The molecule has 30 heavy (non-hydrogen) atoms. The molecule has 0 radical (unpaired) electrons. The van der Waals surface area contributed by atoms with Crippen LogP contribution in [0.1, 0.15) is 10.4 Å². The molecule has 3 aromatic rings. The third-order valence-corrected chi connectivity index (χ3v) is 5.91. The first-order valence-electron chi connectivity index (χ1n) is 9.03. The van der Waals surface area contributed by atoms with Gasteiger partial charge in [-0.05, 0) is 24.3 Å². The normalized spacial score (nSPS) is 15.1. The van der Waals surface area contributed by atoms with Crippen molar-refractivity contribution in [3.8, 4) is 11.5 Å². The van der Waals surface area contributed by atoms with Gasteiger partial charge in [0.05, 0.1) is 21.1 Å². The Kier molecular flexibility index (Phi) is 4.24. The van der Waals surface area contributed by atoms with E-state index in [1.165, 1.54) is 23.5 Å². The molecule has 0 spiro atoms. The second-order valence-corrected chi connectivity index (χ2v) is 7.92. The molecule has 0 aliphatic carbocycles. The number of hydrogen-bond donors (Lipinski definition) is 1. The average molecular weight is 426 g/mol. The van der Waals surface area contributed by atoms with E-state index in [0.717, 1.165) is 0 Å². The lowest BCUT2D eigenvalue weighted by atomic mass is 9.98. The molecule has 0 saturated carbocycles. The van der Waals surface area contributed by atoms with Crippen molar-refractivity contribution in [2.45, 2.75) is 0 Å². The number of likely N-dealkylation sites (tertiary alicyclic amines) is 1. The fourth-order valence-electron chi connectivity index (χ4n) is 3.31. The van der Waals surface area contributed by atoms with E-state index >= 15 is 0 Å². The number of aromatic nitrogens is 1. The molecule has 1 saturated heterocycles. The van der Waals surface area contributed by atoms with Crippen molar-refractivity contribution in [2.24, 2.45) is 5.92 Å². The number of nitrogens with one attached hydrogen (secondary N) is 1. The van der Waals surface area contributed by atoms with Gasteiger partial charge in [0.1, 0.15) is 0 Å². The lowest BCUT2D eigenvalue weighted by molar-refractivity contribution is -0.384. The maximum atomic E-state index is 12.6. The van der Waals surface area contributed by atoms with E-state index in [-0.39, 0.29) is 30.2 Å². The minimum absolute atomic E-state index is 0.0271. The molecule has 1 fully saturated rings. The van der Waals surface area contributed by atoms with E-state index in [1.807, 2.05) is 0 Å². The van der Waals surface area contributed by atoms with Crippen LogP contribution in [0.25, 0.3) is 10.2 Å². The van der Waals surface area contributed by atoms with Crippen LogP contribution in [-0.4, -0.2) is 46.5 Å². The third kappa shape index (κ3) is 3.18. The van der Waals surface area contributed by atoms with Crippen LogP contribution in [-0.2, 0) is 4.79 Å². The molecule has 2 aromatic carbocycles. The number of carbonyl (C=O) groups is 2. The van der Waals surface area contributed by atoms with Gasteiger partial charge in [-0.3, -0.25) is 19.7 Å². The highest BCUT2D eigenvalue weighted by molar-refractivity contribution is 7.22. The lowest BCUT2D eigenvalue weighted by Crippen LogP contribution is -2.54. The van der Waals surface area contributed by atoms with Crippen molar-refractivity contribution in [3.05, 3.63) is 52.1 Å². The minimum atomic E-state index is -0.475. The highest BCUT2D eigenvalue weighted by Crippen LogP contribution is 2.34. The van der Waals surface area contributed by atoms with Gasteiger partial charge in [-0.2, -0.15) is 0 Å². The largest absolute Gasteiger partial charge is 0.454 e. The molecule has 11 heteroatoms. The molecule has 0 unspecified atom stereocenters. The SMILES string of the molecule is O=C(Nc1nc2ccc([N+](=O)[O-])cc2s1)C1CN(C(=O)c2ccc3c(c2)OCO3)C1. The number of anilines is 1. The van der Waals surface area contributed by atoms with E-state index in [2.05, 4.69) is 10.3 Å². The number of fused-ring (bicyclic) bond motifs is 2. The summed E-state index contributed by atoms with van der Waals surface area (Å²) in [6.07, 6.45) is 0. The summed E-state index contributed by atoms with van der Waals surface area (Å²) >= 11 is 1.17. The first kappa shape index (κ1) is 18.3. The van der Waals surface area contributed by atoms with Crippen molar-refractivity contribution in [2.75, 3.05) is 25.2 Å². The number of carbonyl (C=O) groups excluding carboxylic acids is 2. The van der Waals surface area contributed by atoms with Crippen molar-refractivity contribution >= 4 is 44.2 Å². The number of rotatable bonds is 4. The van der Waals surface area contributed by atoms with Gasteiger partial charge in [0.2, 0.25) is 12.7 Å². The Morgan fingerprint density at radius 3 is 2.77 bits per heavy atom. The van der Waals surface area contributed by atoms with Gasteiger partial charge < -0.3 is 19.7 Å². The van der Waals surface area contributed by atoms with Crippen LogP contribution in [0, 0.1) is 16.0 Å². The summed E-state index contributed by atoms with van der Waals surface area (Å²) in [6.45, 7) is 0.739. The Balaban J connectivity index is 1.21. The predicted molar refractivity (Wildman–Crippen MR) is 107 cm³/mol. The molecular formula is C19H14N4O6S. The Bertz CT molecular complexity index is 1200. The van der Waals surface area contributed by atoms with Crippen LogP contribution >= 0.6 is 11.3 Å². The Morgan fingerprint density at radius 2 is 1.97 bits per heavy atom. The number of ether oxygens (including phenoxy) is 2. The molecule has 152 valence electrons.